The van der Waals surface area contributed by atoms with Gasteiger partial charge >= 0.3 is 5.97 Å². The summed E-state index contributed by atoms with van der Waals surface area (Å²) < 4.78 is 5.49. The maximum atomic E-state index is 11.1. The lowest BCUT2D eigenvalue weighted by molar-refractivity contribution is -0.138. The number of hydrogen-bond acceptors (Lipinski definition) is 4. The Morgan fingerprint density at radius 2 is 2.21 bits per heavy atom. The van der Waals surface area contributed by atoms with Crippen LogP contribution in [-0.4, -0.2) is 16.1 Å². The lowest BCUT2D eigenvalue weighted by atomic mass is 9.96. The molecule has 0 saturated heterocycles. The van der Waals surface area contributed by atoms with Crippen LogP contribution in [0.5, 0.6) is 10.9 Å². The van der Waals surface area contributed by atoms with E-state index in [1.54, 1.807) is 30.5 Å². The van der Waals surface area contributed by atoms with Gasteiger partial charge in [0, 0.05) is 18.0 Å². The Kier molecular flexibility index (Phi) is 4.16. The van der Waals surface area contributed by atoms with E-state index in [2.05, 4.69) is 10.9 Å². The molecule has 2 rings (SSSR count). The molecule has 0 amide bonds. The van der Waals surface area contributed by atoms with E-state index in [4.69, 9.17) is 16.3 Å². The molecule has 5 heteroatoms. The zero-order valence-corrected chi connectivity index (χ0v) is 10.8. The predicted octanol–water partition coefficient (Wildman–Crippen LogP) is 3.13. The number of aliphatic carboxylic acids is 1. The molecule has 1 aromatic heterocycles. The van der Waals surface area contributed by atoms with E-state index in [1.807, 2.05) is 5.38 Å². The molecule has 1 atom stereocenters. The number of carbonyl (C=O) groups is 1. The molecule has 2 aromatic rings. The van der Waals surface area contributed by atoms with Crippen LogP contribution in [0.3, 0.4) is 0 Å². The van der Waals surface area contributed by atoms with Gasteiger partial charge in [-0.15, -0.1) is 12.3 Å². The molecule has 1 N–H and O–H groups in total. The Balaban J connectivity index is 2.13. The average molecular weight is 273 g/mol. The molecule has 19 heavy (non-hydrogen) atoms. The zero-order valence-electron chi connectivity index (χ0n) is 9.95. The van der Waals surface area contributed by atoms with E-state index in [1.165, 1.54) is 11.3 Å². The summed E-state index contributed by atoms with van der Waals surface area (Å²) in [6.07, 6.45) is 7.00. The highest BCUT2D eigenvalue weighted by molar-refractivity contribution is 7.11. The minimum Gasteiger partial charge on any atom is -0.481 e. The van der Waals surface area contributed by atoms with Crippen LogP contribution in [0.1, 0.15) is 17.9 Å². The molecular formula is C14H11NO3S. The van der Waals surface area contributed by atoms with Crippen molar-refractivity contribution < 1.29 is 14.6 Å². The summed E-state index contributed by atoms with van der Waals surface area (Å²) in [4.78, 5) is 15.1. The van der Waals surface area contributed by atoms with E-state index in [-0.39, 0.29) is 6.42 Å². The summed E-state index contributed by atoms with van der Waals surface area (Å²) in [5.41, 5.74) is 0.664. The fourth-order valence-electron chi connectivity index (χ4n) is 1.60. The third-order valence-electron chi connectivity index (χ3n) is 2.52. The predicted molar refractivity (Wildman–Crippen MR) is 72.5 cm³/mol. The van der Waals surface area contributed by atoms with Gasteiger partial charge in [0.25, 0.3) is 5.19 Å². The molecule has 1 heterocycles. The fraction of sp³-hybridized carbons (Fsp3) is 0.143. The van der Waals surface area contributed by atoms with E-state index in [9.17, 15) is 4.79 Å². The SMILES string of the molecule is C#CCC(C(=O)O)c1ccc(Oc2nccs2)cc1. The van der Waals surface area contributed by atoms with Crippen LogP contribution >= 0.6 is 11.3 Å². The number of ether oxygens (including phenoxy) is 1. The molecule has 0 aliphatic heterocycles. The quantitative estimate of drug-likeness (QED) is 0.850. The average Bonchev–Trinajstić information content (AvgIpc) is 2.90. The Labute approximate surface area is 114 Å². The molecule has 96 valence electrons. The van der Waals surface area contributed by atoms with Gasteiger partial charge in [0.15, 0.2) is 0 Å². The largest absolute Gasteiger partial charge is 0.481 e. The summed E-state index contributed by atoms with van der Waals surface area (Å²) in [5.74, 6) is 1.39. The Morgan fingerprint density at radius 3 is 2.74 bits per heavy atom. The number of terminal acetylenes is 1. The van der Waals surface area contributed by atoms with Gasteiger partial charge in [-0.1, -0.05) is 23.5 Å². The Hall–Kier alpha value is -2.32. The van der Waals surface area contributed by atoms with Crippen molar-refractivity contribution in [1.82, 2.24) is 4.98 Å². The molecule has 0 bridgehead atoms. The summed E-state index contributed by atoms with van der Waals surface area (Å²) in [6.45, 7) is 0. The molecule has 0 aliphatic rings. The van der Waals surface area contributed by atoms with Crippen LogP contribution in [0, 0.1) is 12.3 Å². The first-order chi connectivity index (χ1) is 9.20. The van der Waals surface area contributed by atoms with Crippen molar-refractivity contribution in [2.45, 2.75) is 12.3 Å². The highest BCUT2D eigenvalue weighted by Gasteiger charge is 2.18. The molecule has 4 nitrogen and oxygen atoms in total. The second kappa shape index (κ2) is 6.03. The van der Waals surface area contributed by atoms with Crippen LogP contribution in [0.15, 0.2) is 35.8 Å². The summed E-state index contributed by atoms with van der Waals surface area (Å²) in [6, 6.07) is 6.84. The van der Waals surface area contributed by atoms with E-state index in [0.29, 0.717) is 16.5 Å². The number of carboxylic acids is 1. The van der Waals surface area contributed by atoms with Crippen molar-refractivity contribution >= 4 is 17.3 Å². The van der Waals surface area contributed by atoms with E-state index >= 15 is 0 Å². The van der Waals surface area contributed by atoms with Crippen molar-refractivity contribution in [3.63, 3.8) is 0 Å². The zero-order chi connectivity index (χ0) is 13.7. The second-order valence-corrected chi connectivity index (χ2v) is 4.63. The molecule has 1 unspecified atom stereocenters. The monoisotopic (exact) mass is 273 g/mol. The van der Waals surface area contributed by atoms with Gasteiger partial charge in [-0.3, -0.25) is 4.79 Å². The highest BCUT2D eigenvalue weighted by Crippen LogP contribution is 2.26. The van der Waals surface area contributed by atoms with Crippen molar-refractivity contribution in [3.8, 4) is 23.3 Å². The maximum Gasteiger partial charge on any atom is 0.311 e. The molecule has 0 fully saturated rings. The minimum absolute atomic E-state index is 0.169. The van der Waals surface area contributed by atoms with Gasteiger partial charge in [-0.2, -0.15) is 0 Å². The number of hydrogen-bond donors (Lipinski definition) is 1. The number of thiazole rings is 1. The van der Waals surface area contributed by atoms with Gasteiger partial charge in [0.1, 0.15) is 5.75 Å². The molecule has 0 aliphatic carbocycles. The van der Waals surface area contributed by atoms with Crippen LogP contribution in [0.25, 0.3) is 0 Å². The Bertz CT molecular complexity index is 584. The van der Waals surface area contributed by atoms with Gasteiger partial charge in [-0.05, 0) is 17.7 Å². The number of carboxylic acid groups (broad SMARTS) is 1. The molecular weight excluding hydrogens is 262 g/mol. The summed E-state index contributed by atoms with van der Waals surface area (Å²) >= 11 is 1.39. The summed E-state index contributed by atoms with van der Waals surface area (Å²) in [5, 5.41) is 11.5. The van der Waals surface area contributed by atoms with Gasteiger partial charge in [0.05, 0.1) is 5.92 Å². The Morgan fingerprint density at radius 1 is 1.47 bits per heavy atom. The lowest BCUT2D eigenvalue weighted by Gasteiger charge is -2.10. The smallest absolute Gasteiger partial charge is 0.311 e. The van der Waals surface area contributed by atoms with Crippen LogP contribution in [0.4, 0.5) is 0 Å². The molecule has 0 radical (unpaired) electrons. The van der Waals surface area contributed by atoms with E-state index < -0.39 is 11.9 Å². The third kappa shape index (κ3) is 3.33. The molecule has 0 spiro atoms. The third-order valence-corrected chi connectivity index (χ3v) is 3.17. The number of nitrogens with zero attached hydrogens (tertiary/aromatic N) is 1. The topological polar surface area (TPSA) is 59.4 Å². The number of rotatable bonds is 5. The first-order valence-corrected chi connectivity index (χ1v) is 6.42. The number of aromatic nitrogens is 1. The van der Waals surface area contributed by atoms with Crippen LogP contribution in [-0.2, 0) is 4.79 Å². The molecule has 1 aromatic carbocycles. The van der Waals surface area contributed by atoms with Gasteiger partial charge < -0.3 is 9.84 Å². The van der Waals surface area contributed by atoms with Gasteiger partial charge in [0.2, 0.25) is 0 Å². The van der Waals surface area contributed by atoms with Gasteiger partial charge in [-0.25, -0.2) is 4.98 Å². The van der Waals surface area contributed by atoms with Crippen molar-refractivity contribution in [3.05, 3.63) is 41.4 Å². The number of benzene rings is 1. The summed E-state index contributed by atoms with van der Waals surface area (Å²) in [7, 11) is 0. The van der Waals surface area contributed by atoms with Crippen molar-refractivity contribution in [1.29, 1.82) is 0 Å². The maximum absolute atomic E-state index is 11.1. The normalized spacial score (nSPS) is 11.5. The second-order valence-electron chi connectivity index (χ2n) is 3.77. The highest BCUT2D eigenvalue weighted by atomic mass is 32.1. The molecule has 0 saturated carbocycles. The fourth-order valence-corrected chi connectivity index (χ4v) is 2.10. The standard InChI is InChI=1S/C14H11NO3S/c1-2-3-12(13(16)17)10-4-6-11(7-5-10)18-14-15-8-9-19-14/h1,4-9,12H,3H2,(H,16,17). The lowest BCUT2D eigenvalue weighted by Crippen LogP contribution is -2.10. The van der Waals surface area contributed by atoms with E-state index in [0.717, 1.165) is 0 Å². The van der Waals surface area contributed by atoms with Crippen molar-refractivity contribution in [2.24, 2.45) is 0 Å². The van der Waals surface area contributed by atoms with Crippen LogP contribution in [0.2, 0.25) is 0 Å². The minimum atomic E-state index is -0.924. The van der Waals surface area contributed by atoms with Crippen LogP contribution < -0.4 is 4.74 Å². The first kappa shape index (κ1) is 13.1. The first-order valence-electron chi connectivity index (χ1n) is 5.54. The van der Waals surface area contributed by atoms with Crippen molar-refractivity contribution in [2.75, 3.05) is 0 Å².